The van der Waals surface area contributed by atoms with Crippen LogP contribution in [0.25, 0.3) is 0 Å². The molecule has 2 bridgehead atoms. The lowest BCUT2D eigenvalue weighted by atomic mass is 9.71. The van der Waals surface area contributed by atoms with Gasteiger partial charge in [-0.3, -0.25) is 0 Å². The normalized spacial score (nSPS) is 47.0. The third-order valence-electron chi connectivity index (χ3n) is 7.12. The van der Waals surface area contributed by atoms with Crippen LogP contribution in [0.5, 0.6) is 0 Å². The van der Waals surface area contributed by atoms with Gasteiger partial charge in [-0.1, -0.05) is 37.7 Å². The van der Waals surface area contributed by atoms with Gasteiger partial charge in [-0.25, -0.2) is 3.63 Å². The number of alkyl halides is 3. The largest absolute Gasteiger partial charge is 0.523 e. The molecule has 0 aromatic rings. The highest BCUT2D eigenvalue weighted by Crippen LogP contribution is 2.80. The van der Waals surface area contributed by atoms with Crippen LogP contribution in [0.1, 0.15) is 46.5 Å². The van der Waals surface area contributed by atoms with Crippen LogP contribution >= 0.6 is 10.3 Å². The van der Waals surface area contributed by atoms with Gasteiger partial charge in [0.15, 0.2) is 0 Å². The Labute approximate surface area is 143 Å². The van der Waals surface area contributed by atoms with Crippen molar-refractivity contribution in [3.63, 3.8) is 0 Å². The first-order valence-electron chi connectivity index (χ1n) is 8.27. The molecule has 2 saturated carbocycles. The van der Waals surface area contributed by atoms with E-state index in [0.717, 1.165) is 19.3 Å². The summed E-state index contributed by atoms with van der Waals surface area (Å²) in [7, 11) is -8.18. The SMILES string of the molecule is C=CS1(OS(=O)(=O)C(F)(F)F)CCC[C@H]2[C@H]3CC[C@@](C)([C@H]21)C3(C)C. The van der Waals surface area contributed by atoms with Gasteiger partial charge in [0.2, 0.25) is 0 Å². The first kappa shape index (κ1) is 18.6. The van der Waals surface area contributed by atoms with E-state index in [1.54, 1.807) is 0 Å². The zero-order chi connectivity index (χ0) is 18.2. The van der Waals surface area contributed by atoms with Gasteiger partial charge in [0.1, 0.15) is 0 Å². The van der Waals surface area contributed by atoms with E-state index in [-0.39, 0.29) is 22.0 Å². The van der Waals surface area contributed by atoms with E-state index in [1.807, 2.05) is 0 Å². The fourth-order valence-electron chi connectivity index (χ4n) is 5.76. The van der Waals surface area contributed by atoms with E-state index in [1.165, 1.54) is 5.41 Å². The first-order valence-corrected chi connectivity index (χ1v) is 11.5. The van der Waals surface area contributed by atoms with Gasteiger partial charge in [-0.05, 0) is 53.8 Å². The van der Waals surface area contributed by atoms with Gasteiger partial charge >= 0.3 is 15.6 Å². The molecule has 3 nitrogen and oxygen atoms in total. The summed E-state index contributed by atoms with van der Waals surface area (Å²) in [5.41, 5.74) is -5.64. The molecule has 3 rings (SSSR count). The van der Waals surface area contributed by atoms with Crippen molar-refractivity contribution in [2.75, 3.05) is 5.75 Å². The lowest BCUT2D eigenvalue weighted by molar-refractivity contribution is -0.0497. The minimum absolute atomic E-state index is 0.0285. The quantitative estimate of drug-likeness (QED) is 0.645. The van der Waals surface area contributed by atoms with Crippen LogP contribution < -0.4 is 0 Å². The minimum atomic E-state index is -5.62. The molecule has 0 aromatic carbocycles. The Hall–Kier alpha value is -0.210. The Morgan fingerprint density at radius 3 is 2.42 bits per heavy atom. The zero-order valence-corrected chi connectivity index (χ0v) is 15.9. The van der Waals surface area contributed by atoms with Crippen LogP contribution in [0.3, 0.4) is 0 Å². The molecule has 1 aliphatic heterocycles. The predicted octanol–water partition coefficient (Wildman–Crippen LogP) is 4.95. The molecule has 0 radical (unpaired) electrons. The summed E-state index contributed by atoms with van der Waals surface area (Å²) in [6, 6.07) is 0. The maximum absolute atomic E-state index is 12.9. The maximum Gasteiger partial charge on any atom is 0.523 e. The molecule has 1 saturated heterocycles. The highest BCUT2D eigenvalue weighted by molar-refractivity contribution is 8.35. The summed E-state index contributed by atoms with van der Waals surface area (Å²) in [5, 5.41) is 1.25. The second-order valence-corrected chi connectivity index (χ2v) is 12.9. The summed E-state index contributed by atoms with van der Waals surface area (Å²) >= 11 is 0. The third kappa shape index (κ3) is 2.18. The van der Waals surface area contributed by atoms with Crippen LogP contribution in [-0.2, 0) is 13.7 Å². The summed E-state index contributed by atoms with van der Waals surface area (Å²) in [5.74, 6) is 0.992. The molecule has 2 aliphatic carbocycles. The zero-order valence-electron chi connectivity index (χ0n) is 14.2. The first-order chi connectivity index (χ1) is 10.8. The lowest BCUT2D eigenvalue weighted by Gasteiger charge is -2.54. The van der Waals surface area contributed by atoms with Gasteiger partial charge in [0, 0.05) is 11.0 Å². The van der Waals surface area contributed by atoms with Gasteiger partial charge in [-0.2, -0.15) is 21.6 Å². The molecule has 3 aliphatic rings. The summed E-state index contributed by atoms with van der Waals surface area (Å²) in [4.78, 5) is 0. The highest BCUT2D eigenvalue weighted by atomic mass is 32.3. The molecule has 0 amide bonds. The molecular weight excluding hydrogens is 361 g/mol. The van der Waals surface area contributed by atoms with Gasteiger partial charge in [-0.15, -0.1) is 0 Å². The van der Waals surface area contributed by atoms with Crippen LogP contribution in [0.2, 0.25) is 0 Å². The standard InChI is InChI=1S/C16H25F3O3S2/c1-5-23(22-24(20,21)16(17,18)19)10-6-7-11-12-8-9-15(4,13(11)23)14(12,2)3/h5,11-13H,1,6-10H2,2-4H3/t11-,12+,13-,15-/m0/s1. The van der Waals surface area contributed by atoms with E-state index in [2.05, 4.69) is 27.4 Å². The average Bonchev–Trinajstić information content (AvgIpc) is 2.77. The monoisotopic (exact) mass is 386 g/mol. The van der Waals surface area contributed by atoms with E-state index in [0.29, 0.717) is 18.1 Å². The molecule has 8 heteroatoms. The topological polar surface area (TPSA) is 43.4 Å². The Kier molecular flexibility index (Phi) is 3.99. The minimum Gasteiger partial charge on any atom is -0.209 e. The second kappa shape index (κ2) is 5.16. The molecule has 0 spiro atoms. The van der Waals surface area contributed by atoms with Crippen molar-refractivity contribution in [3.05, 3.63) is 12.0 Å². The van der Waals surface area contributed by atoms with Crippen LogP contribution in [0.15, 0.2) is 12.0 Å². The number of hydrogen-bond acceptors (Lipinski definition) is 3. The Morgan fingerprint density at radius 2 is 1.88 bits per heavy atom. The molecule has 5 atom stereocenters. The number of halogens is 3. The van der Waals surface area contributed by atoms with Gasteiger partial charge < -0.3 is 0 Å². The van der Waals surface area contributed by atoms with Gasteiger partial charge in [0.05, 0.1) is 0 Å². The molecule has 24 heavy (non-hydrogen) atoms. The van der Waals surface area contributed by atoms with E-state index in [4.69, 9.17) is 3.63 Å². The molecule has 140 valence electrons. The highest BCUT2D eigenvalue weighted by Gasteiger charge is 2.71. The smallest absolute Gasteiger partial charge is 0.209 e. The predicted molar refractivity (Wildman–Crippen MR) is 89.8 cm³/mol. The molecule has 0 aromatic heterocycles. The van der Waals surface area contributed by atoms with Crippen molar-refractivity contribution in [2.24, 2.45) is 22.7 Å². The maximum atomic E-state index is 12.9. The molecule has 3 fully saturated rings. The average molecular weight is 387 g/mol. The van der Waals surface area contributed by atoms with Crippen molar-refractivity contribution >= 4 is 20.4 Å². The van der Waals surface area contributed by atoms with Gasteiger partial charge in [0.25, 0.3) is 0 Å². The summed E-state index contributed by atoms with van der Waals surface area (Å²) < 4.78 is 67.4. The molecular formula is C16H25F3O3S2. The number of fused-ring (bicyclic) bond motifs is 5. The van der Waals surface area contributed by atoms with Crippen molar-refractivity contribution in [2.45, 2.75) is 57.2 Å². The third-order valence-corrected chi connectivity index (χ3v) is 12.6. The van der Waals surface area contributed by atoms with E-state index >= 15 is 0 Å². The molecule has 0 N–H and O–H groups in total. The van der Waals surface area contributed by atoms with Crippen LogP contribution in [0.4, 0.5) is 13.2 Å². The Bertz CT molecular complexity index is 658. The van der Waals surface area contributed by atoms with Crippen molar-refractivity contribution in [3.8, 4) is 0 Å². The fraction of sp³-hybridized carbons (Fsp3) is 0.875. The second-order valence-electron chi connectivity index (χ2n) is 8.13. The fourth-order valence-corrected chi connectivity index (χ4v) is 11.7. The number of rotatable bonds is 3. The van der Waals surface area contributed by atoms with E-state index < -0.39 is 25.9 Å². The van der Waals surface area contributed by atoms with Crippen molar-refractivity contribution < 1.29 is 25.2 Å². The Balaban J connectivity index is 2.08. The summed E-state index contributed by atoms with van der Waals surface area (Å²) in [6.45, 7) is 10.2. The lowest BCUT2D eigenvalue weighted by Crippen LogP contribution is -2.45. The van der Waals surface area contributed by atoms with Crippen LogP contribution in [0, 0.1) is 22.7 Å². The van der Waals surface area contributed by atoms with Crippen molar-refractivity contribution in [1.29, 1.82) is 0 Å². The summed E-state index contributed by atoms with van der Waals surface area (Å²) in [6.07, 6.45) is 3.60. The number of hydrogen-bond donors (Lipinski definition) is 0. The van der Waals surface area contributed by atoms with Crippen molar-refractivity contribution in [1.82, 2.24) is 0 Å². The van der Waals surface area contributed by atoms with Crippen LogP contribution in [-0.4, -0.2) is 24.9 Å². The van der Waals surface area contributed by atoms with E-state index in [9.17, 15) is 21.6 Å². The molecule has 1 heterocycles. The Morgan fingerprint density at radius 1 is 1.25 bits per heavy atom. The molecule has 1 unspecified atom stereocenters.